The van der Waals surface area contributed by atoms with Crippen LogP contribution in [0.5, 0.6) is 0 Å². The first-order chi connectivity index (χ1) is 12.6. The smallest absolute Gasteiger partial charge is 0.329 e. The summed E-state index contributed by atoms with van der Waals surface area (Å²) in [7, 11) is 0. The van der Waals surface area contributed by atoms with E-state index in [0.29, 0.717) is 0 Å². The zero-order valence-electron chi connectivity index (χ0n) is 15.4. The molecule has 0 saturated carbocycles. The van der Waals surface area contributed by atoms with Crippen LogP contribution in [0.3, 0.4) is 0 Å². The van der Waals surface area contributed by atoms with Crippen molar-refractivity contribution >= 4 is 29.6 Å². The van der Waals surface area contributed by atoms with Crippen molar-refractivity contribution in [2.75, 3.05) is 18.4 Å². The number of urea groups is 1. The molecule has 1 aromatic rings. The van der Waals surface area contributed by atoms with E-state index >= 15 is 0 Å². The molecule has 1 unspecified atom stereocenters. The number of amides is 3. The van der Waals surface area contributed by atoms with E-state index in [1.54, 1.807) is 6.92 Å². The van der Waals surface area contributed by atoms with Crippen LogP contribution in [0.2, 0.25) is 0 Å². The highest BCUT2D eigenvalue weighted by molar-refractivity contribution is 7.98. The van der Waals surface area contributed by atoms with Gasteiger partial charge in [0.05, 0.1) is 0 Å². The number of rotatable bonds is 3. The molecule has 1 atom stereocenters. The average Bonchev–Trinajstić information content (AvgIpc) is 3.29. The van der Waals surface area contributed by atoms with Crippen LogP contribution >= 0.6 is 11.9 Å². The second-order valence-corrected chi connectivity index (χ2v) is 8.74. The van der Waals surface area contributed by atoms with Crippen LogP contribution in [-0.2, 0) is 30.5 Å². The van der Waals surface area contributed by atoms with Gasteiger partial charge in [0, 0.05) is 31.0 Å². The van der Waals surface area contributed by atoms with Gasteiger partial charge in [0.25, 0.3) is 0 Å². The monoisotopic (exact) mass is 373 g/mol. The summed E-state index contributed by atoms with van der Waals surface area (Å²) in [6.07, 6.45) is 8.82. The van der Waals surface area contributed by atoms with Gasteiger partial charge in [-0.2, -0.15) is 0 Å². The topological polar surface area (TPSA) is 61.4 Å². The fourth-order valence-electron chi connectivity index (χ4n) is 4.56. The molecule has 3 aliphatic rings. The second-order valence-electron chi connectivity index (χ2n) is 7.64. The van der Waals surface area contributed by atoms with E-state index in [2.05, 4.69) is 16.1 Å². The minimum Gasteiger partial charge on any atom is -0.342 e. The SMILES string of the molecule is CC(=O)N1CCCC(SNC(=O)Nc2c3c(cc4c2CCC4)CCC3)C1. The molecule has 2 N–H and O–H groups in total. The van der Waals surface area contributed by atoms with Crippen molar-refractivity contribution in [2.45, 2.75) is 63.5 Å². The van der Waals surface area contributed by atoms with Crippen LogP contribution in [0.15, 0.2) is 6.07 Å². The first kappa shape index (κ1) is 17.7. The maximum absolute atomic E-state index is 12.5. The molecule has 1 aliphatic heterocycles. The van der Waals surface area contributed by atoms with Gasteiger partial charge in [-0.15, -0.1) is 0 Å². The van der Waals surface area contributed by atoms with Crippen molar-refractivity contribution in [1.29, 1.82) is 0 Å². The summed E-state index contributed by atoms with van der Waals surface area (Å²) in [5, 5.41) is 3.43. The van der Waals surface area contributed by atoms with Crippen molar-refractivity contribution in [1.82, 2.24) is 9.62 Å². The lowest BCUT2D eigenvalue weighted by molar-refractivity contribution is -0.129. The molecule has 0 radical (unpaired) electrons. The van der Waals surface area contributed by atoms with Crippen LogP contribution in [0.25, 0.3) is 0 Å². The second kappa shape index (κ2) is 7.51. The summed E-state index contributed by atoms with van der Waals surface area (Å²) >= 11 is 1.46. The molecule has 4 rings (SSSR count). The number of nitrogens with zero attached hydrogens (tertiary/aromatic N) is 1. The molecule has 3 amide bonds. The van der Waals surface area contributed by atoms with Gasteiger partial charge in [0.1, 0.15) is 0 Å². The van der Waals surface area contributed by atoms with E-state index in [9.17, 15) is 9.59 Å². The van der Waals surface area contributed by atoms with Gasteiger partial charge in [-0.1, -0.05) is 6.07 Å². The number of hydrogen-bond donors (Lipinski definition) is 2. The Morgan fingerprint density at radius 3 is 2.42 bits per heavy atom. The standard InChI is InChI=1S/C20H27N3O2S/c1-13(24)23-10-4-7-16(12-23)26-22-20(25)21-19-17-8-2-5-14(17)11-15-6-3-9-18(15)19/h11,16H,2-10,12H2,1H3,(H2,21,22,25). The minimum absolute atomic E-state index is 0.121. The van der Waals surface area contributed by atoms with Crippen molar-refractivity contribution in [3.8, 4) is 0 Å². The molecule has 1 aromatic carbocycles. The van der Waals surface area contributed by atoms with Gasteiger partial charge in [0.15, 0.2) is 0 Å². The average molecular weight is 374 g/mol. The van der Waals surface area contributed by atoms with Crippen LogP contribution in [0, 0.1) is 0 Å². The molecule has 140 valence electrons. The molecule has 1 saturated heterocycles. The lowest BCUT2D eigenvalue weighted by Crippen LogP contribution is -2.41. The summed E-state index contributed by atoms with van der Waals surface area (Å²) in [5.74, 6) is 0.121. The maximum Gasteiger partial charge on any atom is 0.329 e. The number of anilines is 1. The number of carbonyl (C=O) groups is 2. The van der Waals surface area contributed by atoms with E-state index in [-0.39, 0.29) is 17.2 Å². The molecule has 1 heterocycles. The Balaban J connectivity index is 1.39. The summed E-state index contributed by atoms with van der Waals surface area (Å²) < 4.78 is 2.97. The predicted molar refractivity (Wildman–Crippen MR) is 106 cm³/mol. The Morgan fingerprint density at radius 1 is 1.08 bits per heavy atom. The Labute approximate surface area is 159 Å². The van der Waals surface area contributed by atoms with Gasteiger partial charge in [0.2, 0.25) is 5.91 Å². The maximum atomic E-state index is 12.5. The fraction of sp³-hybridized carbons (Fsp3) is 0.600. The predicted octanol–water partition coefficient (Wildman–Crippen LogP) is 3.44. The third-order valence-corrected chi connectivity index (χ3v) is 6.87. The number of hydrogen-bond acceptors (Lipinski definition) is 3. The molecule has 6 heteroatoms. The molecule has 0 bridgehead atoms. The van der Waals surface area contributed by atoms with Crippen molar-refractivity contribution < 1.29 is 9.59 Å². The molecule has 0 aromatic heterocycles. The lowest BCUT2D eigenvalue weighted by atomic mass is 9.99. The third kappa shape index (κ3) is 3.56. The summed E-state index contributed by atoms with van der Waals surface area (Å²) in [6, 6.07) is 2.24. The Kier molecular flexibility index (Phi) is 5.11. The van der Waals surface area contributed by atoms with Crippen LogP contribution in [-0.4, -0.2) is 35.2 Å². The lowest BCUT2D eigenvalue weighted by Gasteiger charge is -2.31. The zero-order valence-corrected chi connectivity index (χ0v) is 16.2. The van der Waals surface area contributed by atoms with E-state index in [0.717, 1.165) is 57.3 Å². The zero-order chi connectivity index (χ0) is 18.1. The highest BCUT2D eigenvalue weighted by atomic mass is 32.2. The molecule has 1 fully saturated rings. The van der Waals surface area contributed by atoms with E-state index < -0.39 is 0 Å². The number of nitrogens with one attached hydrogen (secondary N) is 2. The fourth-order valence-corrected chi connectivity index (χ4v) is 5.43. The van der Waals surface area contributed by atoms with Crippen LogP contribution < -0.4 is 10.0 Å². The van der Waals surface area contributed by atoms with Gasteiger partial charge in [-0.3, -0.25) is 9.52 Å². The quantitative estimate of drug-likeness (QED) is 0.798. The molecule has 5 nitrogen and oxygen atoms in total. The van der Waals surface area contributed by atoms with Crippen molar-refractivity contribution in [2.24, 2.45) is 0 Å². The van der Waals surface area contributed by atoms with Gasteiger partial charge in [-0.25, -0.2) is 4.79 Å². The number of piperidine rings is 1. The molecular formula is C20H27N3O2S. The Morgan fingerprint density at radius 2 is 1.77 bits per heavy atom. The normalized spacial score (nSPS) is 21.3. The molecule has 26 heavy (non-hydrogen) atoms. The van der Waals surface area contributed by atoms with Crippen LogP contribution in [0.1, 0.15) is 54.9 Å². The number of carbonyl (C=O) groups excluding carboxylic acids is 2. The van der Waals surface area contributed by atoms with Gasteiger partial charge >= 0.3 is 6.03 Å². The van der Waals surface area contributed by atoms with Crippen molar-refractivity contribution in [3.05, 3.63) is 28.3 Å². The highest BCUT2D eigenvalue weighted by Gasteiger charge is 2.26. The minimum atomic E-state index is -0.135. The van der Waals surface area contributed by atoms with E-state index in [1.165, 1.54) is 47.0 Å². The van der Waals surface area contributed by atoms with Crippen LogP contribution in [0.4, 0.5) is 10.5 Å². The summed E-state index contributed by atoms with van der Waals surface area (Å²) in [5.41, 5.74) is 6.65. The highest BCUT2D eigenvalue weighted by Crippen LogP contribution is 2.38. The number of benzene rings is 1. The number of fused-ring (bicyclic) bond motifs is 2. The number of aryl methyl sites for hydroxylation is 2. The number of likely N-dealkylation sites (tertiary alicyclic amines) is 1. The Bertz CT molecular complexity index is 702. The summed E-state index contributed by atoms with van der Waals surface area (Å²) in [6.45, 7) is 3.17. The van der Waals surface area contributed by atoms with Gasteiger partial charge in [-0.05, 0) is 85.6 Å². The summed E-state index contributed by atoms with van der Waals surface area (Å²) in [4.78, 5) is 26.0. The third-order valence-electron chi connectivity index (χ3n) is 5.85. The van der Waals surface area contributed by atoms with Crippen molar-refractivity contribution in [3.63, 3.8) is 0 Å². The van der Waals surface area contributed by atoms with E-state index in [4.69, 9.17) is 0 Å². The van der Waals surface area contributed by atoms with Gasteiger partial charge < -0.3 is 10.2 Å². The molecular weight excluding hydrogens is 346 g/mol. The first-order valence-corrected chi connectivity index (χ1v) is 10.6. The molecule has 0 spiro atoms. The molecule has 2 aliphatic carbocycles. The Hall–Kier alpha value is -1.69. The largest absolute Gasteiger partial charge is 0.342 e. The first-order valence-electron chi connectivity index (χ1n) is 9.76. The van der Waals surface area contributed by atoms with E-state index in [1.807, 2.05) is 4.90 Å².